The lowest BCUT2D eigenvalue weighted by atomic mass is 10.1. The zero-order valence-electron chi connectivity index (χ0n) is 16.9. The molecule has 0 aliphatic carbocycles. The number of nitrogens with one attached hydrogen (secondary N) is 2. The molecule has 0 saturated carbocycles. The van der Waals surface area contributed by atoms with Crippen molar-refractivity contribution < 1.29 is 18.7 Å². The van der Waals surface area contributed by atoms with Crippen LogP contribution in [0.4, 0.5) is 10.1 Å². The third-order valence-electron chi connectivity index (χ3n) is 4.55. The lowest BCUT2D eigenvalue weighted by Crippen LogP contribution is -2.39. The molecule has 0 atom stereocenters. The van der Waals surface area contributed by atoms with Crippen LogP contribution in [0.3, 0.4) is 0 Å². The molecular formula is C23H24FN3O3. The van der Waals surface area contributed by atoms with Crippen LogP contribution < -0.4 is 15.4 Å². The molecule has 3 aromatic rings. The van der Waals surface area contributed by atoms with Crippen LogP contribution in [0.25, 0.3) is 10.8 Å². The highest BCUT2D eigenvalue weighted by Gasteiger charge is 2.10. The predicted molar refractivity (Wildman–Crippen MR) is 115 cm³/mol. The number of rotatable bonds is 8. The molecule has 0 aliphatic rings. The summed E-state index contributed by atoms with van der Waals surface area (Å²) in [5, 5.41) is 7.38. The van der Waals surface area contributed by atoms with Gasteiger partial charge in [-0.05, 0) is 65.8 Å². The summed E-state index contributed by atoms with van der Waals surface area (Å²) in [6.07, 6.45) is 0. The van der Waals surface area contributed by atoms with Gasteiger partial charge in [0, 0.05) is 12.2 Å². The smallest absolute Gasteiger partial charge is 0.243 e. The molecule has 0 spiro atoms. The second kappa shape index (κ2) is 9.84. The van der Waals surface area contributed by atoms with Crippen LogP contribution in [0.2, 0.25) is 0 Å². The molecule has 2 N–H and O–H groups in total. The predicted octanol–water partition coefficient (Wildman–Crippen LogP) is 3.17. The Balaban J connectivity index is 1.46. The quantitative estimate of drug-likeness (QED) is 0.600. The van der Waals surface area contributed by atoms with E-state index in [-0.39, 0.29) is 30.7 Å². The van der Waals surface area contributed by atoms with Crippen LogP contribution in [-0.2, 0) is 16.1 Å². The van der Waals surface area contributed by atoms with Crippen molar-refractivity contribution in [2.45, 2.75) is 6.54 Å². The van der Waals surface area contributed by atoms with Crippen LogP contribution in [0, 0.1) is 5.82 Å². The van der Waals surface area contributed by atoms with Crippen molar-refractivity contribution in [1.82, 2.24) is 10.2 Å². The number of fused-ring (bicyclic) bond motifs is 1. The Morgan fingerprint density at radius 1 is 0.967 bits per heavy atom. The van der Waals surface area contributed by atoms with Gasteiger partial charge in [-0.2, -0.15) is 0 Å². The Kier molecular flexibility index (Phi) is 6.98. The molecule has 0 bridgehead atoms. The second-order valence-electron chi connectivity index (χ2n) is 7.05. The minimum atomic E-state index is -0.379. The minimum absolute atomic E-state index is 0.151. The van der Waals surface area contributed by atoms with Gasteiger partial charge in [0.2, 0.25) is 11.8 Å². The first kappa shape index (κ1) is 21.3. The number of hydrogen-bond acceptors (Lipinski definition) is 4. The molecule has 0 saturated heterocycles. The zero-order chi connectivity index (χ0) is 21.5. The molecular weight excluding hydrogens is 385 g/mol. The number of nitrogens with zero attached hydrogens (tertiary/aromatic N) is 1. The van der Waals surface area contributed by atoms with Crippen LogP contribution in [0.5, 0.6) is 5.75 Å². The molecule has 30 heavy (non-hydrogen) atoms. The van der Waals surface area contributed by atoms with Crippen molar-refractivity contribution in [2.75, 3.05) is 32.6 Å². The maximum absolute atomic E-state index is 12.9. The normalized spacial score (nSPS) is 10.8. The van der Waals surface area contributed by atoms with Crippen LogP contribution in [0.1, 0.15) is 5.56 Å². The number of carbonyl (C=O) groups excluding carboxylic acids is 2. The van der Waals surface area contributed by atoms with Crippen molar-refractivity contribution in [3.05, 3.63) is 72.0 Å². The summed E-state index contributed by atoms with van der Waals surface area (Å²) in [4.78, 5) is 25.9. The fourth-order valence-corrected chi connectivity index (χ4v) is 3.08. The molecule has 0 aromatic heterocycles. The minimum Gasteiger partial charge on any atom is -0.497 e. The molecule has 0 aliphatic heterocycles. The second-order valence-corrected chi connectivity index (χ2v) is 7.05. The Morgan fingerprint density at radius 3 is 2.40 bits per heavy atom. The number of anilines is 1. The molecule has 0 fully saturated rings. The molecule has 7 heteroatoms. The number of ether oxygens (including phenoxy) is 1. The monoisotopic (exact) mass is 409 g/mol. The highest BCUT2D eigenvalue weighted by Crippen LogP contribution is 2.22. The van der Waals surface area contributed by atoms with E-state index in [1.54, 1.807) is 7.11 Å². The van der Waals surface area contributed by atoms with Gasteiger partial charge in [0.1, 0.15) is 11.6 Å². The number of carbonyl (C=O) groups is 2. The number of hydrogen-bond donors (Lipinski definition) is 2. The number of amides is 2. The summed E-state index contributed by atoms with van der Waals surface area (Å²) in [7, 11) is 3.48. The summed E-state index contributed by atoms with van der Waals surface area (Å²) in [5.74, 6) is -0.192. The molecule has 156 valence electrons. The Morgan fingerprint density at radius 2 is 1.67 bits per heavy atom. The van der Waals surface area contributed by atoms with Crippen molar-refractivity contribution in [2.24, 2.45) is 0 Å². The van der Waals surface area contributed by atoms with Crippen LogP contribution >= 0.6 is 0 Å². The average molecular weight is 409 g/mol. The first-order chi connectivity index (χ1) is 14.4. The summed E-state index contributed by atoms with van der Waals surface area (Å²) >= 11 is 0. The van der Waals surface area contributed by atoms with Gasteiger partial charge in [-0.1, -0.05) is 18.2 Å². The zero-order valence-corrected chi connectivity index (χ0v) is 16.9. The molecule has 0 unspecified atom stereocenters. The van der Waals surface area contributed by atoms with Gasteiger partial charge < -0.3 is 15.4 Å². The first-order valence-corrected chi connectivity index (χ1v) is 9.50. The van der Waals surface area contributed by atoms with E-state index in [1.165, 1.54) is 24.3 Å². The van der Waals surface area contributed by atoms with Gasteiger partial charge in [-0.25, -0.2) is 4.39 Å². The largest absolute Gasteiger partial charge is 0.497 e. The van der Waals surface area contributed by atoms with E-state index in [0.717, 1.165) is 22.1 Å². The van der Waals surface area contributed by atoms with Gasteiger partial charge >= 0.3 is 0 Å². The fourth-order valence-electron chi connectivity index (χ4n) is 3.08. The van der Waals surface area contributed by atoms with Crippen molar-refractivity contribution >= 4 is 28.3 Å². The Labute approximate surface area is 174 Å². The van der Waals surface area contributed by atoms with Gasteiger partial charge in [-0.15, -0.1) is 0 Å². The van der Waals surface area contributed by atoms with Gasteiger partial charge in [-0.3, -0.25) is 14.5 Å². The summed E-state index contributed by atoms with van der Waals surface area (Å²) in [6.45, 7) is 0.601. The maximum Gasteiger partial charge on any atom is 0.243 e. The molecule has 3 aromatic carbocycles. The third-order valence-corrected chi connectivity index (χ3v) is 4.55. The topological polar surface area (TPSA) is 70.7 Å². The van der Waals surface area contributed by atoms with Crippen molar-refractivity contribution in [1.29, 1.82) is 0 Å². The van der Waals surface area contributed by atoms with Gasteiger partial charge in [0.05, 0.1) is 20.2 Å². The van der Waals surface area contributed by atoms with E-state index in [2.05, 4.69) is 16.7 Å². The van der Waals surface area contributed by atoms with E-state index < -0.39 is 0 Å². The van der Waals surface area contributed by atoms with Gasteiger partial charge in [0.15, 0.2) is 0 Å². The van der Waals surface area contributed by atoms with E-state index in [0.29, 0.717) is 12.2 Å². The molecule has 0 heterocycles. The molecule has 0 radical (unpaired) electrons. The summed E-state index contributed by atoms with van der Waals surface area (Å²) in [6, 6.07) is 17.5. The van der Waals surface area contributed by atoms with Crippen LogP contribution in [0.15, 0.2) is 60.7 Å². The molecule has 6 nitrogen and oxygen atoms in total. The maximum atomic E-state index is 12.9. The van der Waals surface area contributed by atoms with E-state index in [1.807, 2.05) is 42.3 Å². The van der Waals surface area contributed by atoms with Crippen molar-refractivity contribution in [3.8, 4) is 5.75 Å². The lowest BCUT2D eigenvalue weighted by Gasteiger charge is -2.17. The number of benzene rings is 3. The molecule has 3 rings (SSSR count). The summed E-state index contributed by atoms with van der Waals surface area (Å²) in [5.41, 5.74) is 1.55. The van der Waals surface area contributed by atoms with E-state index in [4.69, 9.17) is 4.74 Å². The fraction of sp³-hybridized carbons (Fsp3) is 0.217. The summed E-state index contributed by atoms with van der Waals surface area (Å²) < 4.78 is 18.1. The number of likely N-dealkylation sites (N-methyl/N-ethyl adjacent to an activating group) is 1. The van der Waals surface area contributed by atoms with Gasteiger partial charge in [0.25, 0.3) is 0 Å². The first-order valence-electron chi connectivity index (χ1n) is 9.50. The van der Waals surface area contributed by atoms with E-state index >= 15 is 0 Å². The van der Waals surface area contributed by atoms with E-state index in [9.17, 15) is 14.0 Å². The molecule has 2 amide bonds. The highest BCUT2D eigenvalue weighted by atomic mass is 19.1. The van der Waals surface area contributed by atoms with Crippen molar-refractivity contribution in [3.63, 3.8) is 0 Å². The van der Waals surface area contributed by atoms with Crippen LogP contribution in [-0.4, -0.2) is 44.0 Å². The Bertz CT molecular complexity index is 1040. The number of halogens is 1. The standard InChI is InChI=1S/C23H24FN3O3/c1-27(14-16-3-4-18-12-21(30-2)10-5-17(18)11-16)15-23(29)25-13-22(28)26-20-8-6-19(24)7-9-20/h3-12H,13-15H2,1-2H3,(H,25,29)(H,26,28). The third kappa shape index (κ3) is 6.02. The number of methoxy groups -OCH3 is 1. The highest BCUT2D eigenvalue weighted by molar-refractivity contribution is 5.94. The SMILES string of the molecule is COc1ccc2cc(CN(C)CC(=O)NCC(=O)Nc3ccc(F)cc3)ccc2c1. The lowest BCUT2D eigenvalue weighted by molar-refractivity contribution is -0.124. The average Bonchev–Trinajstić information content (AvgIpc) is 2.73. The Hall–Kier alpha value is -3.45.